The first kappa shape index (κ1) is 22.6. The summed E-state index contributed by atoms with van der Waals surface area (Å²) in [5.74, 6) is -0.0588. The molecule has 1 amide bonds. The molecule has 2 aromatic rings. The number of fused-ring (bicyclic) bond motifs is 1. The molecule has 0 atom stereocenters. The first-order valence-corrected chi connectivity index (χ1v) is 11.9. The van der Waals surface area contributed by atoms with Crippen LogP contribution in [0.1, 0.15) is 76.6 Å². The van der Waals surface area contributed by atoms with Gasteiger partial charge in [0, 0.05) is 54.3 Å². The molecule has 0 bridgehead atoms. The molecule has 1 saturated heterocycles. The van der Waals surface area contributed by atoms with Crippen LogP contribution in [0.25, 0.3) is 10.9 Å². The van der Waals surface area contributed by atoms with Crippen LogP contribution in [0.2, 0.25) is 0 Å². The van der Waals surface area contributed by atoms with Crippen molar-refractivity contribution >= 4 is 23.0 Å². The molecule has 0 spiro atoms. The van der Waals surface area contributed by atoms with Crippen molar-refractivity contribution in [2.45, 2.75) is 77.9 Å². The number of piperidine rings is 1. The number of benzene rings is 1. The Balaban J connectivity index is 1.56. The van der Waals surface area contributed by atoms with Gasteiger partial charge in [0.2, 0.25) is 5.91 Å². The van der Waals surface area contributed by atoms with E-state index in [1.807, 2.05) is 6.07 Å². The van der Waals surface area contributed by atoms with Gasteiger partial charge >= 0.3 is 0 Å². The number of oxime groups is 1. The van der Waals surface area contributed by atoms with Gasteiger partial charge in [-0.1, -0.05) is 34.5 Å². The van der Waals surface area contributed by atoms with Gasteiger partial charge in [-0.15, -0.1) is 0 Å². The van der Waals surface area contributed by atoms with Gasteiger partial charge in [-0.25, -0.2) is 0 Å². The van der Waals surface area contributed by atoms with Gasteiger partial charge in [0.05, 0.1) is 12.8 Å². The number of likely N-dealkylation sites (tertiary alicyclic amines) is 1. The van der Waals surface area contributed by atoms with Crippen LogP contribution in [0, 0.1) is 0 Å². The molecule has 1 aromatic carbocycles. The van der Waals surface area contributed by atoms with E-state index in [-0.39, 0.29) is 5.91 Å². The van der Waals surface area contributed by atoms with Gasteiger partial charge in [0.25, 0.3) is 0 Å². The largest absolute Gasteiger partial charge is 0.411 e. The molecule has 2 fully saturated rings. The summed E-state index contributed by atoms with van der Waals surface area (Å²) < 4.78 is 2.39. The van der Waals surface area contributed by atoms with Crippen LogP contribution < -0.4 is 5.32 Å². The third-order valence-electron chi connectivity index (χ3n) is 7.39. The molecule has 0 unspecified atom stereocenters. The lowest BCUT2D eigenvalue weighted by atomic mass is 9.86. The zero-order valence-electron chi connectivity index (χ0n) is 19.6. The van der Waals surface area contributed by atoms with Crippen molar-refractivity contribution in [1.29, 1.82) is 0 Å². The number of carbonyl (C=O) groups is 1. The van der Waals surface area contributed by atoms with Crippen LogP contribution in [-0.2, 0) is 11.3 Å². The third kappa shape index (κ3) is 4.60. The van der Waals surface area contributed by atoms with Crippen LogP contribution in [0.4, 0.5) is 0 Å². The highest BCUT2D eigenvalue weighted by molar-refractivity contribution is 6.01. The third-order valence-corrected chi connectivity index (χ3v) is 7.39. The molecule has 2 heterocycles. The van der Waals surface area contributed by atoms with Gasteiger partial charge in [-0.2, -0.15) is 0 Å². The molecule has 1 aliphatic heterocycles. The first-order valence-electron chi connectivity index (χ1n) is 11.9. The first-order chi connectivity index (χ1) is 15.5. The summed E-state index contributed by atoms with van der Waals surface area (Å²) in [5.41, 5.74) is 6.22. The van der Waals surface area contributed by atoms with E-state index in [4.69, 9.17) is 0 Å². The minimum absolute atomic E-state index is 0.0588. The van der Waals surface area contributed by atoms with Crippen molar-refractivity contribution in [3.05, 3.63) is 46.7 Å². The minimum Gasteiger partial charge on any atom is -0.411 e. The fraction of sp³-hybridized carbons (Fsp3) is 0.538. The van der Waals surface area contributed by atoms with E-state index < -0.39 is 0 Å². The number of rotatable bonds is 5. The molecule has 2 aliphatic rings. The summed E-state index contributed by atoms with van der Waals surface area (Å²) >= 11 is 0. The molecule has 32 heavy (non-hydrogen) atoms. The Morgan fingerprint density at radius 2 is 1.78 bits per heavy atom. The number of nitrogens with one attached hydrogen (secondary N) is 1. The Hall–Kier alpha value is -2.60. The van der Waals surface area contributed by atoms with Crippen LogP contribution in [-0.4, -0.2) is 45.9 Å². The Morgan fingerprint density at radius 3 is 2.41 bits per heavy atom. The Kier molecular flexibility index (Phi) is 6.99. The van der Waals surface area contributed by atoms with E-state index in [1.165, 1.54) is 44.4 Å². The van der Waals surface area contributed by atoms with Crippen LogP contribution >= 0.6 is 0 Å². The lowest BCUT2D eigenvalue weighted by Gasteiger charge is -2.40. The predicted octanol–water partition coefficient (Wildman–Crippen LogP) is 5.00. The van der Waals surface area contributed by atoms with Crippen molar-refractivity contribution in [3.63, 3.8) is 0 Å². The van der Waals surface area contributed by atoms with E-state index in [2.05, 4.69) is 52.0 Å². The van der Waals surface area contributed by atoms with Crippen LogP contribution in [0.15, 0.2) is 40.6 Å². The number of hydrogen-bond donors (Lipinski definition) is 2. The standard InChI is InChI=1S/C26H36N4O2/c1-18(2)20-8-10-21(11-9-20)29-14-12-22(13-15-29)30-25-7-5-4-6-23(25)24(16-28-32)26(30)17-27-19(3)31/h4-7,16,21-22,32H,8-15,17H2,1-3H3,(H,27,31)/b28-16-. The summed E-state index contributed by atoms with van der Waals surface area (Å²) in [6.45, 7) is 8.67. The Bertz CT molecular complexity index is 1010. The molecule has 6 heteroatoms. The van der Waals surface area contributed by atoms with E-state index in [9.17, 15) is 10.0 Å². The Morgan fingerprint density at radius 1 is 1.09 bits per heavy atom. The molecule has 4 rings (SSSR count). The second-order valence-electron chi connectivity index (χ2n) is 9.50. The van der Waals surface area contributed by atoms with Crippen LogP contribution in [0.5, 0.6) is 0 Å². The number of carbonyl (C=O) groups excluding carboxylic acids is 1. The van der Waals surface area contributed by atoms with Crippen LogP contribution in [0.3, 0.4) is 0 Å². The average molecular weight is 437 g/mol. The Labute approximate surface area is 191 Å². The van der Waals surface area contributed by atoms with Crippen molar-refractivity contribution in [2.24, 2.45) is 5.16 Å². The van der Waals surface area contributed by atoms with Crippen molar-refractivity contribution in [2.75, 3.05) is 13.1 Å². The topological polar surface area (TPSA) is 69.9 Å². The number of amides is 1. The van der Waals surface area contributed by atoms with E-state index in [1.54, 1.807) is 5.57 Å². The van der Waals surface area contributed by atoms with Crippen molar-refractivity contribution in [3.8, 4) is 0 Å². The number of para-hydroxylation sites is 1. The summed E-state index contributed by atoms with van der Waals surface area (Å²) in [4.78, 5) is 14.4. The maximum atomic E-state index is 11.7. The van der Waals surface area contributed by atoms with Crippen molar-refractivity contribution in [1.82, 2.24) is 14.8 Å². The SMILES string of the molecule is CC(=O)NCc1c(/C=N\O)c2ccccc2n1C1CCN(C2CCC(=C(C)C)CC2)CC1. The molecule has 1 saturated carbocycles. The highest BCUT2D eigenvalue weighted by Gasteiger charge is 2.30. The van der Waals surface area contributed by atoms with Gasteiger partial charge in [0.1, 0.15) is 0 Å². The quantitative estimate of drug-likeness (QED) is 0.300. The normalized spacial score (nSPS) is 20.8. The fourth-order valence-electron chi connectivity index (χ4n) is 5.67. The zero-order chi connectivity index (χ0) is 22.7. The number of aromatic nitrogens is 1. The monoisotopic (exact) mass is 436 g/mol. The second kappa shape index (κ2) is 9.90. The van der Waals surface area contributed by atoms with E-state index in [0.717, 1.165) is 48.1 Å². The van der Waals surface area contributed by atoms with E-state index in [0.29, 0.717) is 18.6 Å². The summed E-state index contributed by atoms with van der Waals surface area (Å²) in [7, 11) is 0. The number of hydrogen-bond acceptors (Lipinski definition) is 4. The fourth-order valence-corrected chi connectivity index (χ4v) is 5.67. The predicted molar refractivity (Wildman–Crippen MR) is 129 cm³/mol. The smallest absolute Gasteiger partial charge is 0.217 e. The number of nitrogens with zero attached hydrogens (tertiary/aromatic N) is 3. The summed E-state index contributed by atoms with van der Waals surface area (Å²) in [6.07, 6.45) is 8.75. The molecule has 6 nitrogen and oxygen atoms in total. The molecular formula is C26H36N4O2. The van der Waals surface area contributed by atoms with Crippen molar-refractivity contribution < 1.29 is 10.0 Å². The summed E-state index contributed by atoms with van der Waals surface area (Å²) in [5, 5.41) is 16.6. The van der Waals surface area contributed by atoms with Gasteiger partial charge in [-0.3, -0.25) is 4.79 Å². The van der Waals surface area contributed by atoms with Gasteiger partial charge in [0.15, 0.2) is 0 Å². The van der Waals surface area contributed by atoms with Gasteiger partial charge < -0.3 is 20.0 Å². The molecule has 1 aromatic heterocycles. The molecular weight excluding hydrogens is 400 g/mol. The zero-order valence-corrected chi connectivity index (χ0v) is 19.6. The molecule has 172 valence electrons. The maximum absolute atomic E-state index is 11.7. The minimum atomic E-state index is -0.0588. The highest BCUT2D eigenvalue weighted by atomic mass is 16.4. The average Bonchev–Trinajstić information content (AvgIpc) is 3.11. The lowest BCUT2D eigenvalue weighted by Crippen LogP contribution is -2.43. The molecule has 0 radical (unpaired) electrons. The molecule has 1 aliphatic carbocycles. The maximum Gasteiger partial charge on any atom is 0.217 e. The number of allylic oxidation sites excluding steroid dienone is 2. The van der Waals surface area contributed by atoms with E-state index >= 15 is 0 Å². The van der Waals surface area contributed by atoms with Gasteiger partial charge in [-0.05, 0) is 58.4 Å². The second-order valence-corrected chi connectivity index (χ2v) is 9.50. The molecule has 2 N–H and O–H groups in total. The summed E-state index contributed by atoms with van der Waals surface area (Å²) in [6, 6.07) is 9.34. The highest BCUT2D eigenvalue weighted by Crippen LogP contribution is 2.36. The lowest BCUT2D eigenvalue weighted by molar-refractivity contribution is -0.119.